The summed E-state index contributed by atoms with van der Waals surface area (Å²) >= 11 is 6.14. The van der Waals surface area contributed by atoms with Crippen LogP contribution in [0.25, 0.3) is 0 Å². The van der Waals surface area contributed by atoms with Gasteiger partial charge in [0.2, 0.25) is 0 Å². The number of carbonyl (C=O) groups is 3. The molecule has 4 aromatic carbocycles. The maximum atomic E-state index is 13.1. The van der Waals surface area contributed by atoms with Crippen LogP contribution in [0.1, 0.15) is 20.7 Å². The number of para-hydroxylation sites is 1. The molecule has 0 bridgehead atoms. The van der Waals surface area contributed by atoms with E-state index in [2.05, 4.69) is 10.6 Å². The van der Waals surface area contributed by atoms with E-state index in [9.17, 15) is 22.8 Å². The van der Waals surface area contributed by atoms with Gasteiger partial charge in [0, 0.05) is 24.0 Å². The molecule has 0 heterocycles. The molecule has 42 heavy (non-hydrogen) atoms. The third-order valence-electron chi connectivity index (χ3n) is 6.05. The maximum Gasteiger partial charge on any atom is 0.340 e. The summed E-state index contributed by atoms with van der Waals surface area (Å²) < 4.78 is 37.5. The minimum atomic E-state index is -4.01. The number of carbonyl (C=O) groups excluding carboxylic acids is 3. The second-order valence-corrected chi connectivity index (χ2v) is 11.2. The highest BCUT2D eigenvalue weighted by Crippen LogP contribution is 2.26. The van der Waals surface area contributed by atoms with Gasteiger partial charge in [0.05, 0.1) is 28.3 Å². The molecule has 0 aliphatic heterocycles. The highest BCUT2D eigenvalue weighted by molar-refractivity contribution is 7.92. The molecule has 4 rings (SSSR count). The largest absolute Gasteiger partial charge is 0.497 e. The van der Waals surface area contributed by atoms with Gasteiger partial charge in [-0.25, -0.2) is 13.2 Å². The van der Waals surface area contributed by atoms with Gasteiger partial charge in [-0.2, -0.15) is 0 Å². The number of nitrogens with one attached hydrogen (secondary N) is 2. The zero-order chi connectivity index (χ0) is 30.3. The molecule has 0 saturated heterocycles. The van der Waals surface area contributed by atoms with E-state index in [0.29, 0.717) is 28.4 Å². The molecule has 0 aliphatic carbocycles. The lowest BCUT2D eigenvalue weighted by atomic mass is 10.2. The topological polar surface area (TPSA) is 131 Å². The molecule has 0 fully saturated rings. The lowest BCUT2D eigenvalue weighted by molar-refractivity contribution is -0.119. The number of sulfonamides is 1. The van der Waals surface area contributed by atoms with E-state index in [-0.39, 0.29) is 21.4 Å². The fraction of sp³-hybridized carbons (Fsp3) is 0.100. The van der Waals surface area contributed by atoms with E-state index >= 15 is 0 Å². The normalized spacial score (nSPS) is 10.8. The minimum absolute atomic E-state index is 0.0368. The van der Waals surface area contributed by atoms with Gasteiger partial charge >= 0.3 is 5.97 Å². The van der Waals surface area contributed by atoms with Crippen LogP contribution >= 0.6 is 11.6 Å². The fourth-order valence-electron chi connectivity index (χ4n) is 3.74. The van der Waals surface area contributed by atoms with Crippen LogP contribution in [0.4, 0.5) is 17.1 Å². The van der Waals surface area contributed by atoms with E-state index < -0.39 is 28.5 Å². The van der Waals surface area contributed by atoms with Gasteiger partial charge in [-0.3, -0.25) is 13.9 Å². The molecule has 4 aromatic rings. The summed E-state index contributed by atoms with van der Waals surface area (Å²) in [5.74, 6) is -1.30. The summed E-state index contributed by atoms with van der Waals surface area (Å²) in [5.41, 5.74) is 1.54. The summed E-state index contributed by atoms with van der Waals surface area (Å²) in [4.78, 5) is 37.4. The van der Waals surface area contributed by atoms with Crippen LogP contribution in [0.2, 0.25) is 5.02 Å². The first-order valence-corrected chi connectivity index (χ1v) is 14.3. The van der Waals surface area contributed by atoms with Crippen molar-refractivity contribution in [1.29, 1.82) is 0 Å². The molecule has 0 spiro atoms. The van der Waals surface area contributed by atoms with Crippen molar-refractivity contribution in [1.82, 2.24) is 0 Å². The second-order valence-electron chi connectivity index (χ2n) is 8.83. The standard InChI is InChI=1S/C30H26ClN3O7S/c1-34(23-6-4-3-5-7-23)42(38,39)25-16-17-27(31)26(18-25)30(37)41-19-28(35)32-21-10-8-20(9-11-21)29(36)33-22-12-14-24(40-2)15-13-22/h3-18H,19H2,1-2H3,(H,32,35)(H,33,36). The number of ether oxygens (including phenoxy) is 2. The Morgan fingerprint density at radius 3 is 2.10 bits per heavy atom. The minimum Gasteiger partial charge on any atom is -0.497 e. The Hall–Kier alpha value is -4.87. The van der Waals surface area contributed by atoms with Gasteiger partial charge in [-0.1, -0.05) is 29.8 Å². The van der Waals surface area contributed by atoms with Crippen LogP contribution in [0.5, 0.6) is 5.75 Å². The Morgan fingerprint density at radius 2 is 1.45 bits per heavy atom. The van der Waals surface area contributed by atoms with Crippen LogP contribution in [0.3, 0.4) is 0 Å². The van der Waals surface area contributed by atoms with Crippen LogP contribution < -0.4 is 19.7 Å². The number of rotatable bonds is 10. The molecule has 0 atom stereocenters. The van der Waals surface area contributed by atoms with Crippen molar-refractivity contribution in [3.8, 4) is 5.75 Å². The lowest BCUT2D eigenvalue weighted by Gasteiger charge is -2.20. The third-order valence-corrected chi connectivity index (χ3v) is 8.16. The van der Waals surface area contributed by atoms with E-state index in [1.54, 1.807) is 61.7 Å². The van der Waals surface area contributed by atoms with Crippen LogP contribution in [-0.2, 0) is 19.6 Å². The number of nitrogens with zero attached hydrogens (tertiary/aromatic N) is 1. The van der Waals surface area contributed by atoms with Gasteiger partial charge < -0.3 is 20.1 Å². The smallest absolute Gasteiger partial charge is 0.340 e. The molecule has 10 nitrogen and oxygen atoms in total. The van der Waals surface area contributed by atoms with Gasteiger partial charge in [0.15, 0.2) is 6.61 Å². The monoisotopic (exact) mass is 607 g/mol. The highest BCUT2D eigenvalue weighted by Gasteiger charge is 2.24. The van der Waals surface area contributed by atoms with E-state index in [1.807, 2.05) is 0 Å². The number of anilines is 3. The van der Waals surface area contributed by atoms with Crippen LogP contribution in [-0.4, -0.2) is 47.0 Å². The number of benzene rings is 4. The molecule has 2 amide bonds. The van der Waals surface area contributed by atoms with Crippen molar-refractivity contribution in [2.45, 2.75) is 4.90 Å². The number of hydrogen-bond donors (Lipinski definition) is 2. The molecule has 216 valence electrons. The molecule has 0 aliphatic rings. The van der Waals surface area contributed by atoms with Crippen molar-refractivity contribution in [3.05, 3.63) is 113 Å². The molecule has 0 unspecified atom stereocenters. The molecular weight excluding hydrogens is 582 g/mol. The van der Waals surface area contributed by atoms with Gasteiger partial charge in [0.25, 0.3) is 21.8 Å². The summed E-state index contributed by atoms with van der Waals surface area (Å²) in [5, 5.41) is 5.29. The van der Waals surface area contributed by atoms with Gasteiger partial charge in [0.1, 0.15) is 5.75 Å². The Balaban J connectivity index is 1.34. The highest BCUT2D eigenvalue weighted by atomic mass is 35.5. The number of amides is 2. The Morgan fingerprint density at radius 1 is 0.833 bits per heavy atom. The van der Waals surface area contributed by atoms with Crippen LogP contribution in [0, 0.1) is 0 Å². The fourth-order valence-corrected chi connectivity index (χ4v) is 5.16. The van der Waals surface area contributed by atoms with Crippen molar-refractivity contribution in [2.24, 2.45) is 0 Å². The second kappa shape index (κ2) is 13.2. The maximum absolute atomic E-state index is 13.1. The first-order chi connectivity index (χ1) is 20.1. The zero-order valence-electron chi connectivity index (χ0n) is 22.5. The lowest BCUT2D eigenvalue weighted by Crippen LogP contribution is -2.27. The number of esters is 1. The Bertz CT molecular complexity index is 1700. The first-order valence-electron chi connectivity index (χ1n) is 12.4. The molecule has 2 N–H and O–H groups in total. The molecule has 12 heteroatoms. The number of halogens is 1. The average Bonchev–Trinajstić information content (AvgIpc) is 3.00. The summed E-state index contributed by atoms with van der Waals surface area (Å²) in [6.45, 7) is -0.657. The number of methoxy groups -OCH3 is 1. The summed E-state index contributed by atoms with van der Waals surface area (Å²) in [6.07, 6.45) is 0. The van der Waals surface area contributed by atoms with E-state index in [1.165, 1.54) is 43.4 Å². The summed E-state index contributed by atoms with van der Waals surface area (Å²) in [7, 11) is -1.07. The van der Waals surface area contributed by atoms with E-state index in [0.717, 1.165) is 10.4 Å². The quantitative estimate of drug-likeness (QED) is 0.236. The van der Waals surface area contributed by atoms with Crippen molar-refractivity contribution < 1.29 is 32.3 Å². The Labute approximate surface area is 247 Å². The predicted octanol–water partition coefficient (Wildman–Crippen LogP) is 5.22. The predicted molar refractivity (Wildman–Crippen MR) is 160 cm³/mol. The van der Waals surface area contributed by atoms with Crippen molar-refractivity contribution >= 4 is 56.5 Å². The van der Waals surface area contributed by atoms with Gasteiger partial charge in [-0.05, 0) is 78.9 Å². The Kier molecular flexibility index (Phi) is 9.46. The molecule has 0 aromatic heterocycles. The van der Waals surface area contributed by atoms with Crippen molar-refractivity contribution in [3.63, 3.8) is 0 Å². The summed E-state index contributed by atoms with van der Waals surface area (Å²) in [6, 6.07) is 25.0. The zero-order valence-corrected chi connectivity index (χ0v) is 24.1. The average molecular weight is 608 g/mol. The van der Waals surface area contributed by atoms with E-state index in [4.69, 9.17) is 21.1 Å². The van der Waals surface area contributed by atoms with Crippen molar-refractivity contribution in [2.75, 3.05) is 35.7 Å². The molecular formula is C30H26ClN3O7S. The first kappa shape index (κ1) is 30.1. The van der Waals surface area contributed by atoms with Crippen LogP contribution in [0.15, 0.2) is 102 Å². The van der Waals surface area contributed by atoms with Gasteiger partial charge in [-0.15, -0.1) is 0 Å². The SMILES string of the molecule is COc1ccc(NC(=O)c2ccc(NC(=O)COC(=O)c3cc(S(=O)(=O)N(C)c4ccccc4)ccc3Cl)cc2)cc1. The molecule has 0 saturated carbocycles. The number of hydrogen-bond acceptors (Lipinski definition) is 7. The molecule has 0 radical (unpaired) electrons. The third kappa shape index (κ3) is 7.25.